The zero-order chi connectivity index (χ0) is 18.8. The monoisotopic (exact) mass is 385 g/mol. The summed E-state index contributed by atoms with van der Waals surface area (Å²) in [4.78, 5) is 14.7. The van der Waals surface area contributed by atoms with Crippen LogP contribution in [0, 0.1) is 19.8 Å². The standard InChI is InChI=1S/C19H23N5O2S/c1-13-7-8-14(2)24(13)19-22-21-18(27-19)23-9-3-5-15(12-23)17(25)20-11-16-6-4-10-26-16/h4,6-8,10,15H,3,5,9,11-12H2,1-2H3,(H,20,25). The number of piperidine rings is 1. The topological polar surface area (TPSA) is 76.2 Å². The van der Waals surface area contributed by atoms with Gasteiger partial charge in [0.1, 0.15) is 5.76 Å². The lowest BCUT2D eigenvalue weighted by Crippen LogP contribution is -2.42. The number of anilines is 1. The largest absolute Gasteiger partial charge is 0.467 e. The van der Waals surface area contributed by atoms with Gasteiger partial charge in [-0.1, -0.05) is 11.3 Å². The molecule has 0 spiro atoms. The van der Waals surface area contributed by atoms with E-state index in [-0.39, 0.29) is 11.8 Å². The van der Waals surface area contributed by atoms with Crippen LogP contribution in [0.3, 0.4) is 0 Å². The molecule has 1 saturated heterocycles. The van der Waals surface area contributed by atoms with Crippen molar-refractivity contribution >= 4 is 22.4 Å². The van der Waals surface area contributed by atoms with Crippen molar-refractivity contribution in [1.82, 2.24) is 20.1 Å². The molecular formula is C19H23N5O2S. The second-order valence-electron chi connectivity index (χ2n) is 6.90. The Hall–Kier alpha value is -2.61. The van der Waals surface area contributed by atoms with Crippen molar-refractivity contribution in [2.24, 2.45) is 5.92 Å². The fraction of sp³-hybridized carbons (Fsp3) is 0.421. The molecule has 3 aromatic heterocycles. The van der Waals surface area contributed by atoms with Crippen molar-refractivity contribution < 1.29 is 9.21 Å². The van der Waals surface area contributed by atoms with E-state index in [1.807, 2.05) is 12.1 Å². The van der Waals surface area contributed by atoms with Crippen LogP contribution in [0.1, 0.15) is 30.0 Å². The Morgan fingerprint density at radius 2 is 2.04 bits per heavy atom. The maximum absolute atomic E-state index is 12.5. The minimum atomic E-state index is -0.0453. The van der Waals surface area contributed by atoms with Gasteiger partial charge < -0.3 is 14.6 Å². The summed E-state index contributed by atoms with van der Waals surface area (Å²) in [5.74, 6) is 0.788. The average Bonchev–Trinajstić information content (AvgIpc) is 3.42. The van der Waals surface area contributed by atoms with E-state index in [9.17, 15) is 4.79 Å². The lowest BCUT2D eigenvalue weighted by Gasteiger charge is -2.31. The van der Waals surface area contributed by atoms with Gasteiger partial charge in [0.2, 0.25) is 16.2 Å². The molecule has 27 heavy (non-hydrogen) atoms. The number of nitrogens with one attached hydrogen (secondary N) is 1. The molecule has 0 saturated carbocycles. The summed E-state index contributed by atoms with van der Waals surface area (Å²) in [6.45, 7) is 6.13. The Kier molecular flexibility index (Phi) is 4.98. The number of aryl methyl sites for hydroxylation is 2. The predicted molar refractivity (Wildman–Crippen MR) is 104 cm³/mol. The number of hydrogen-bond donors (Lipinski definition) is 1. The summed E-state index contributed by atoms with van der Waals surface area (Å²) in [6, 6.07) is 7.85. The highest BCUT2D eigenvalue weighted by atomic mass is 32.1. The average molecular weight is 385 g/mol. The maximum Gasteiger partial charge on any atom is 0.225 e. The van der Waals surface area contributed by atoms with E-state index in [4.69, 9.17) is 4.42 Å². The van der Waals surface area contributed by atoms with Crippen LogP contribution < -0.4 is 10.2 Å². The highest BCUT2D eigenvalue weighted by Crippen LogP contribution is 2.29. The van der Waals surface area contributed by atoms with E-state index >= 15 is 0 Å². The highest BCUT2D eigenvalue weighted by molar-refractivity contribution is 7.17. The molecule has 1 atom stereocenters. The minimum Gasteiger partial charge on any atom is -0.467 e. The number of furan rings is 1. The molecule has 0 aromatic carbocycles. The molecule has 0 bridgehead atoms. The minimum absolute atomic E-state index is 0.0453. The van der Waals surface area contributed by atoms with Gasteiger partial charge in [0.15, 0.2) is 0 Å². The smallest absolute Gasteiger partial charge is 0.225 e. The van der Waals surface area contributed by atoms with Crippen LogP contribution >= 0.6 is 11.3 Å². The first-order valence-electron chi connectivity index (χ1n) is 9.15. The van der Waals surface area contributed by atoms with Crippen molar-refractivity contribution in [2.75, 3.05) is 18.0 Å². The molecule has 1 unspecified atom stereocenters. The van der Waals surface area contributed by atoms with Crippen LogP contribution in [-0.4, -0.2) is 33.8 Å². The fourth-order valence-electron chi connectivity index (χ4n) is 3.49. The van der Waals surface area contributed by atoms with E-state index in [0.29, 0.717) is 13.1 Å². The highest BCUT2D eigenvalue weighted by Gasteiger charge is 2.28. The van der Waals surface area contributed by atoms with Gasteiger partial charge in [0, 0.05) is 24.5 Å². The summed E-state index contributed by atoms with van der Waals surface area (Å²) >= 11 is 1.57. The first kappa shape index (κ1) is 17.8. The van der Waals surface area contributed by atoms with Crippen molar-refractivity contribution in [3.05, 3.63) is 47.7 Å². The first-order chi connectivity index (χ1) is 13.1. The molecule has 3 aromatic rings. The zero-order valence-corrected chi connectivity index (χ0v) is 16.3. The van der Waals surface area contributed by atoms with Gasteiger partial charge in [-0.3, -0.25) is 9.36 Å². The molecule has 8 heteroatoms. The number of aromatic nitrogens is 3. The quantitative estimate of drug-likeness (QED) is 0.730. The van der Waals surface area contributed by atoms with Crippen LogP contribution in [-0.2, 0) is 11.3 Å². The Balaban J connectivity index is 1.42. The van der Waals surface area contributed by atoms with E-state index in [0.717, 1.165) is 46.8 Å². The van der Waals surface area contributed by atoms with Gasteiger partial charge in [0.05, 0.1) is 18.7 Å². The lowest BCUT2D eigenvalue weighted by molar-refractivity contribution is -0.125. The van der Waals surface area contributed by atoms with E-state index in [2.05, 4.69) is 51.0 Å². The molecule has 4 rings (SSSR count). The predicted octanol–water partition coefficient (Wildman–Crippen LogP) is 3.07. The van der Waals surface area contributed by atoms with E-state index in [1.54, 1.807) is 17.6 Å². The lowest BCUT2D eigenvalue weighted by atomic mass is 9.97. The third kappa shape index (κ3) is 3.75. The first-order valence-corrected chi connectivity index (χ1v) is 9.97. The molecule has 1 aliphatic heterocycles. The van der Waals surface area contributed by atoms with Crippen molar-refractivity contribution in [2.45, 2.75) is 33.2 Å². The summed E-state index contributed by atoms with van der Waals surface area (Å²) < 4.78 is 7.38. The van der Waals surface area contributed by atoms with Crippen molar-refractivity contribution in [1.29, 1.82) is 0 Å². The number of carbonyl (C=O) groups is 1. The molecule has 1 N–H and O–H groups in total. The van der Waals surface area contributed by atoms with Gasteiger partial charge in [0.25, 0.3) is 0 Å². The van der Waals surface area contributed by atoms with Crippen LogP contribution in [0.4, 0.5) is 5.13 Å². The molecular weight excluding hydrogens is 362 g/mol. The van der Waals surface area contributed by atoms with E-state index in [1.165, 1.54) is 0 Å². The van der Waals surface area contributed by atoms with Gasteiger partial charge >= 0.3 is 0 Å². The number of hydrogen-bond acceptors (Lipinski definition) is 6. The van der Waals surface area contributed by atoms with Crippen LogP contribution in [0.25, 0.3) is 5.13 Å². The van der Waals surface area contributed by atoms with E-state index < -0.39 is 0 Å². The third-order valence-corrected chi connectivity index (χ3v) is 5.91. The van der Waals surface area contributed by atoms with Crippen molar-refractivity contribution in [3.8, 4) is 5.13 Å². The van der Waals surface area contributed by atoms with Crippen LogP contribution in [0.5, 0.6) is 0 Å². The van der Waals surface area contributed by atoms with Gasteiger partial charge in [-0.15, -0.1) is 10.2 Å². The molecule has 1 fully saturated rings. The number of carbonyl (C=O) groups excluding carboxylic acids is 1. The molecule has 4 heterocycles. The second-order valence-corrected chi connectivity index (χ2v) is 7.84. The molecule has 1 aliphatic rings. The van der Waals surface area contributed by atoms with Crippen molar-refractivity contribution in [3.63, 3.8) is 0 Å². The molecule has 0 aliphatic carbocycles. The maximum atomic E-state index is 12.5. The summed E-state index contributed by atoms with van der Waals surface area (Å²) in [5.41, 5.74) is 2.29. The summed E-state index contributed by atoms with van der Waals surface area (Å²) in [6.07, 6.45) is 3.47. The summed E-state index contributed by atoms with van der Waals surface area (Å²) in [7, 11) is 0. The third-order valence-electron chi connectivity index (χ3n) is 4.95. The Labute approximate surface area is 162 Å². The normalized spacial score (nSPS) is 17.3. The second kappa shape index (κ2) is 7.56. The fourth-order valence-corrected chi connectivity index (χ4v) is 4.49. The molecule has 7 nitrogen and oxygen atoms in total. The number of rotatable bonds is 5. The molecule has 0 radical (unpaired) electrons. The molecule has 1 amide bonds. The van der Waals surface area contributed by atoms with Crippen LogP contribution in [0.2, 0.25) is 0 Å². The SMILES string of the molecule is Cc1ccc(C)n1-c1nnc(N2CCCC(C(=O)NCc3ccco3)C2)s1. The Morgan fingerprint density at radius 3 is 2.78 bits per heavy atom. The van der Waals surface area contributed by atoms with Gasteiger partial charge in [-0.25, -0.2) is 0 Å². The summed E-state index contributed by atoms with van der Waals surface area (Å²) in [5, 5.41) is 13.5. The Morgan fingerprint density at radius 1 is 1.26 bits per heavy atom. The zero-order valence-electron chi connectivity index (χ0n) is 15.5. The van der Waals surface area contributed by atoms with Crippen LogP contribution in [0.15, 0.2) is 34.9 Å². The van der Waals surface area contributed by atoms with Gasteiger partial charge in [-0.2, -0.15) is 0 Å². The Bertz CT molecular complexity index is 895. The molecule has 142 valence electrons. The van der Waals surface area contributed by atoms with Gasteiger partial charge in [-0.05, 0) is 51.0 Å². The number of nitrogens with zero attached hydrogens (tertiary/aromatic N) is 4. The number of amides is 1.